The highest BCUT2D eigenvalue weighted by Gasteiger charge is 2.61. The minimum atomic E-state index is -2.95. The third-order valence-electron chi connectivity index (χ3n) is 8.35. The summed E-state index contributed by atoms with van der Waals surface area (Å²) in [5.41, 5.74) is 8.33. The molecule has 2 aliphatic heterocycles. The van der Waals surface area contributed by atoms with Gasteiger partial charge in [0.25, 0.3) is 0 Å². The van der Waals surface area contributed by atoms with Crippen LogP contribution in [0.15, 0.2) is 18.3 Å². The molecule has 35 heavy (non-hydrogen) atoms. The first-order chi connectivity index (χ1) is 16.7. The zero-order valence-corrected chi connectivity index (χ0v) is 20.5. The molecule has 2 aromatic rings. The normalized spacial score (nSPS) is 30.1. The first kappa shape index (κ1) is 23.1. The molecule has 6 rings (SSSR count). The lowest BCUT2D eigenvalue weighted by molar-refractivity contribution is -0.190. The summed E-state index contributed by atoms with van der Waals surface area (Å²) >= 11 is 0. The van der Waals surface area contributed by atoms with Crippen molar-refractivity contribution in [1.29, 1.82) is 0 Å². The van der Waals surface area contributed by atoms with Gasteiger partial charge in [-0.25, -0.2) is 4.98 Å². The summed E-state index contributed by atoms with van der Waals surface area (Å²) in [7, 11) is 2.18. The lowest BCUT2D eigenvalue weighted by Gasteiger charge is -2.55. The summed E-state index contributed by atoms with van der Waals surface area (Å²) in [5.74, 6) is 1.68. The molecule has 1 spiro atoms. The van der Waals surface area contributed by atoms with Gasteiger partial charge < -0.3 is 20.1 Å². The number of morpholine rings is 1. The van der Waals surface area contributed by atoms with Crippen LogP contribution in [0, 0.1) is 11.8 Å². The van der Waals surface area contributed by atoms with Gasteiger partial charge in [-0.15, -0.1) is 0 Å². The summed E-state index contributed by atoms with van der Waals surface area (Å²) in [4.78, 5) is 9.05. The molecule has 2 N–H and O–H groups in total. The van der Waals surface area contributed by atoms with Crippen LogP contribution in [0.2, 0.25) is 0 Å². The molecule has 2 aliphatic carbocycles. The fraction of sp³-hybridized carbons (Fsp3) is 0.680. The Labute approximate surface area is 204 Å². The van der Waals surface area contributed by atoms with E-state index in [4.69, 9.17) is 15.6 Å². The van der Waals surface area contributed by atoms with Gasteiger partial charge in [0.2, 0.25) is 0 Å². The summed E-state index contributed by atoms with van der Waals surface area (Å²) < 4.78 is 38.3. The third kappa shape index (κ3) is 4.09. The molecular formula is C25H34F2N6O2. The SMILES string of the molecule is CC(C)n1nc(-c2cnc(N)c(OC(F)F)c2)cc1[C@H]1[C@@H]2C[C@H](N3CC4(CN(C)CCO4)C3)C[C@@H]21. The minimum Gasteiger partial charge on any atom is -0.431 e. The molecule has 4 heterocycles. The largest absolute Gasteiger partial charge is 0.431 e. The molecule has 4 atom stereocenters. The minimum absolute atomic E-state index is 0.0460. The number of hydrogen-bond donors (Lipinski definition) is 1. The van der Waals surface area contributed by atoms with Crippen LogP contribution < -0.4 is 10.5 Å². The standard InChI is InChI=1S/C25H34F2N6O2/c1-14(2)33-20(9-19(30-33)15-6-21(35-24(26)27)23(28)29-10-15)22-17-7-16(8-18(17)22)32-12-25(13-32)11-31(3)4-5-34-25/h6,9-10,14,16-18,22,24H,4-5,7-8,11-13H2,1-3H3,(H2,28,29)/t16-,17+,18-,22-. The van der Waals surface area contributed by atoms with Crippen molar-refractivity contribution in [3.05, 3.63) is 24.0 Å². The van der Waals surface area contributed by atoms with Crippen molar-refractivity contribution in [3.63, 3.8) is 0 Å². The summed E-state index contributed by atoms with van der Waals surface area (Å²) in [6.07, 6.45) is 4.00. The zero-order valence-electron chi connectivity index (χ0n) is 20.5. The lowest BCUT2D eigenvalue weighted by Crippen LogP contribution is -2.71. The van der Waals surface area contributed by atoms with Gasteiger partial charge in [0, 0.05) is 61.6 Å². The van der Waals surface area contributed by atoms with Gasteiger partial charge >= 0.3 is 6.61 Å². The fourth-order valence-electron chi connectivity index (χ4n) is 6.73. The Hall–Kier alpha value is -2.30. The maximum atomic E-state index is 12.8. The molecule has 0 radical (unpaired) electrons. The number of nitrogens with zero attached hydrogens (tertiary/aromatic N) is 5. The number of fused-ring (bicyclic) bond motifs is 1. The molecule has 0 bridgehead atoms. The summed E-state index contributed by atoms with van der Waals surface area (Å²) in [6, 6.07) is 4.44. The molecule has 4 aliphatic rings. The van der Waals surface area contributed by atoms with E-state index >= 15 is 0 Å². The molecule has 0 amide bonds. The smallest absolute Gasteiger partial charge is 0.387 e. The number of likely N-dealkylation sites (tertiary alicyclic amines) is 1. The second-order valence-electron chi connectivity index (χ2n) is 11.1. The van der Waals surface area contributed by atoms with E-state index in [1.165, 1.54) is 24.6 Å². The first-order valence-corrected chi connectivity index (χ1v) is 12.6. The molecule has 2 saturated heterocycles. The number of ether oxygens (including phenoxy) is 2. The number of nitrogens with two attached hydrogens (primary N) is 1. The number of alkyl halides is 2. The Kier molecular flexibility index (Phi) is 5.54. The van der Waals surface area contributed by atoms with Gasteiger partial charge in [-0.3, -0.25) is 9.58 Å². The Balaban J connectivity index is 1.15. The lowest BCUT2D eigenvalue weighted by atomic mass is 9.88. The number of hydrogen-bond acceptors (Lipinski definition) is 7. The van der Waals surface area contributed by atoms with Crippen LogP contribution in [0.3, 0.4) is 0 Å². The molecule has 4 fully saturated rings. The number of nitrogen functional groups attached to an aromatic ring is 1. The van der Waals surface area contributed by atoms with Gasteiger partial charge in [-0.1, -0.05) is 0 Å². The predicted octanol–water partition coefficient (Wildman–Crippen LogP) is 3.22. The van der Waals surface area contributed by atoms with Crippen molar-refractivity contribution in [3.8, 4) is 17.0 Å². The van der Waals surface area contributed by atoms with Crippen molar-refractivity contribution in [2.24, 2.45) is 11.8 Å². The monoisotopic (exact) mass is 488 g/mol. The topological polar surface area (TPSA) is 81.7 Å². The van der Waals surface area contributed by atoms with Crippen LogP contribution >= 0.6 is 0 Å². The maximum Gasteiger partial charge on any atom is 0.387 e. The van der Waals surface area contributed by atoms with Gasteiger partial charge in [0.15, 0.2) is 11.6 Å². The van der Waals surface area contributed by atoms with Crippen LogP contribution in [-0.2, 0) is 4.74 Å². The van der Waals surface area contributed by atoms with Gasteiger partial charge in [-0.2, -0.15) is 13.9 Å². The van der Waals surface area contributed by atoms with Crippen molar-refractivity contribution in [2.75, 3.05) is 45.6 Å². The second-order valence-corrected chi connectivity index (χ2v) is 11.1. The van der Waals surface area contributed by atoms with Crippen molar-refractivity contribution >= 4 is 5.82 Å². The van der Waals surface area contributed by atoms with E-state index in [1.807, 2.05) is 0 Å². The molecule has 0 aromatic carbocycles. The molecule has 0 unspecified atom stereocenters. The molecule has 10 heteroatoms. The number of rotatable bonds is 6. The average molecular weight is 489 g/mol. The highest BCUT2D eigenvalue weighted by Crippen LogP contribution is 2.64. The van der Waals surface area contributed by atoms with Crippen LogP contribution in [-0.4, -0.2) is 82.7 Å². The van der Waals surface area contributed by atoms with E-state index < -0.39 is 6.61 Å². The second kappa shape index (κ2) is 8.38. The highest BCUT2D eigenvalue weighted by atomic mass is 19.3. The van der Waals surface area contributed by atoms with E-state index in [-0.39, 0.29) is 23.2 Å². The Bertz CT molecular complexity index is 1090. The van der Waals surface area contributed by atoms with Crippen LogP contribution in [0.1, 0.15) is 44.3 Å². The van der Waals surface area contributed by atoms with E-state index in [1.54, 1.807) is 6.20 Å². The van der Waals surface area contributed by atoms with Gasteiger partial charge in [0.1, 0.15) is 5.60 Å². The fourth-order valence-corrected chi connectivity index (χ4v) is 6.73. The third-order valence-corrected chi connectivity index (χ3v) is 8.35. The zero-order chi connectivity index (χ0) is 24.5. The maximum absolute atomic E-state index is 12.8. The van der Waals surface area contributed by atoms with E-state index in [0.29, 0.717) is 35.1 Å². The summed E-state index contributed by atoms with van der Waals surface area (Å²) in [6.45, 7) is 6.28. The Morgan fingerprint density at radius 1 is 1.17 bits per heavy atom. The Morgan fingerprint density at radius 3 is 2.57 bits per heavy atom. The molecule has 190 valence electrons. The molecular weight excluding hydrogens is 454 g/mol. The van der Waals surface area contributed by atoms with Crippen LogP contribution in [0.4, 0.5) is 14.6 Å². The van der Waals surface area contributed by atoms with Gasteiger partial charge in [-0.05, 0) is 57.7 Å². The predicted molar refractivity (Wildman–Crippen MR) is 127 cm³/mol. The highest BCUT2D eigenvalue weighted by molar-refractivity contribution is 5.64. The Morgan fingerprint density at radius 2 is 1.91 bits per heavy atom. The van der Waals surface area contributed by atoms with E-state index in [2.05, 4.69) is 51.2 Å². The number of anilines is 1. The number of pyridine rings is 1. The van der Waals surface area contributed by atoms with Crippen molar-refractivity contribution in [1.82, 2.24) is 24.6 Å². The average Bonchev–Trinajstić information content (AvgIpc) is 3.13. The number of likely N-dealkylation sites (N-methyl/N-ethyl adjacent to an activating group) is 1. The van der Waals surface area contributed by atoms with Crippen LogP contribution in [0.25, 0.3) is 11.3 Å². The van der Waals surface area contributed by atoms with Crippen LogP contribution in [0.5, 0.6) is 5.75 Å². The van der Waals surface area contributed by atoms with Gasteiger partial charge in [0.05, 0.1) is 12.3 Å². The molecule has 8 nitrogen and oxygen atoms in total. The number of halogens is 2. The van der Waals surface area contributed by atoms with E-state index in [9.17, 15) is 8.78 Å². The van der Waals surface area contributed by atoms with E-state index in [0.717, 1.165) is 32.8 Å². The van der Waals surface area contributed by atoms with Crippen molar-refractivity contribution < 1.29 is 18.3 Å². The molecule has 2 aromatic heterocycles. The summed E-state index contributed by atoms with van der Waals surface area (Å²) in [5, 5.41) is 4.83. The first-order valence-electron chi connectivity index (χ1n) is 12.6. The quantitative estimate of drug-likeness (QED) is 0.669. The molecule has 2 saturated carbocycles. The number of aromatic nitrogens is 3. The van der Waals surface area contributed by atoms with Crippen molar-refractivity contribution in [2.45, 2.75) is 56.9 Å².